The van der Waals surface area contributed by atoms with Crippen LogP contribution in [-0.2, 0) is 16.2 Å². The number of nitrogens with one attached hydrogen (secondary N) is 2. The number of carbonyl (C=O) groups is 3. The van der Waals surface area contributed by atoms with Crippen LogP contribution >= 0.6 is 22.6 Å². The summed E-state index contributed by atoms with van der Waals surface area (Å²) in [7, 11) is 1.49. The minimum Gasteiger partial charge on any atom is -0.493 e. The number of ether oxygens (including phenoxy) is 2. The van der Waals surface area contributed by atoms with Crippen molar-refractivity contribution in [3.05, 3.63) is 92.4 Å². The second kappa shape index (κ2) is 11.4. The number of benzene rings is 3. The summed E-state index contributed by atoms with van der Waals surface area (Å²) >= 11 is 2.08. The molecule has 1 fully saturated rings. The number of hydrogen-bond donors (Lipinski definition) is 2. The fourth-order valence-electron chi connectivity index (χ4n) is 3.65. The summed E-state index contributed by atoms with van der Waals surface area (Å²) in [5.74, 6) is -0.519. The average Bonchev–Trinajstić information content (AvgIpc) is 3.11. The van der Waals surface area contributed by atoms with Gasteiger partial charge in [-0.2, -0.15) is 0 Å². The Labute approximate surface area is 226 Å². The van der Waals surface area contributed by atoms with Crippen molar-refractivity contribution in [3.63, 3.8) is 0 Å². The van der Waals surface area contributed by atoms with E-state index >= 15 is 0 Å². The number of carbonyl (C=O) groups excluding carboxylic acids is 3. The van der Waals surface area contributed by atoms with Gasteiger partial charge in [-0.1, -0.05) is 24.3 Å². The van der Waals surface area contributed by atoms with Crippen LogP contribution < -0.4 is 20.1 Å². The summed E-state index contributed by atoms with van der Waals surface area (Å²) in [6, 6.07) is 15.9. The van der Waals surface area contributed by atoms with Gasteiger partial charge in [0.2, 0.25) is 5.91 Å². The topological polar surface area (TPSA) is 97.0 Å². The molecule has 8 nitrogen and oxygen atoms in total. The van der Waals surface area contributed by atoms with Crippen molar-refractivity contribution in [2.24, 2.45) is 0 Å². The van der Waals surface area contributed by atoms with E-state index in [1.165, 1.54) is 25.3 Å². The van der Waals surface area contributed by atoms with E-state index in [1.807, 2.05) is 13.0 Å². The first-order valence-corrected chi connectivity index (χ1v) is 12.3. The van der Waals surface area contributed by atoms with Crippen LogP contribution in [0.25, 0.3) is 6.08 Å². The lowest BCUT2D eigenvalue weighted by Crippen LogP contribution is -2.38. The van der Waals surface area contributed by atoms with Crippen molar-refractivity contribution in [2.75, 3.05) is 19.0 Å². The number of rotatable bonds is 8. The Morgan fingerprint density at radius 1 is 1.14 bits per heavy atom. The van der Waals surface area contributed by atoms with Gasteiger partial charge >= 0.3 is 6.03 Å². The maximum absolute atomic E-state index is 13.1. The second-order valence-corrected chi connectivity index (χ2v) is 9.41. The largest absolute Gasteiger partial charge is 0.493 e. The van der Waals surface area contributed by atoms with Gasteiger partial charge in [0.25, 0.3) is 5.91 Å². The molecule has 4 amide bonds. The molecule has 1 aliphatic heterocycles. The van der Waals surface area contributed by atoms with Crippen LogP contribution in [0.5, 0.6) is 11.5 Å². The standard InChI is InChI=1S/C27H23FIN3O5/c1-16-4-3-5-20(10-16)30-24(33)14-32-26(34)22(31-27(32)35)12-18-11-21(29)25(23(13-18)36-2)37-15-17-6-8-19(28)9-7-17/h3-13H,14-15H2,1-2H3,(H,30,33)(H,31,35)/b22-12+. The molecule has 2 N–H and O–H groups in total. The van der Waals surface area contributed by atoms with Crippen molar-refractivity contribution in [3.8, 4) is 11.5 Å². The zero-order valence-corrected chi connectivity index (χ0v) is 22.2. The number of amides is 4. The number of aryl methyl sites for hydroxylation is 1. The highest BCUT2D eigenvalue weighted by molar-refractivity contribution is 14.1. The summed E-state index contributed by atoms with van der Waals surface area (Å²) in [5.41, 5.74) is 2.96. The van der Waals surface area contributed by atoms with E-state index in [0.29, 0.717) is 26.3 Å². The molecule has 190 valence electrons. The van der Waals surface area contributed by atoms with E-state index in [0.717, 1.165) is 16.0 Å². The zero-order chi connectivity index (χ0) is 26.5. The molecule has 1 aliphatic rings. The molecule has 0 saturated carbocycles. The molecule has 37 heavy (non-hydrogen) atoms. The number of anilines is 1. The van der Waals surface area contributed by atoms with Crippen molar-refractivity contribution in [2.45, 2.75) is 13.5 Å². The number of halogens is 2. The molecule has 0 radical (unpaired) electrons. The molecular formula is C27H23FIN3O5. The fourth-order valence-corrected chi connectivity index (χ4v) is 4.43. The van der Waals surface area contributed by atoms with Crippen molar-refractivity contribution >= 4 is 52.2 Å². The lowest BCUT2D eigenvalue weighted by atomic mass is 10.1. The summed E-state index contributed by atoms with van der Waals surface area (Å²) in [5, 5.41) is 5.20. The molecule has 0 aromatic heterocycles. The molecular weight excluding hydrogens is 592 g/mol. The van der Waals surface area contributed by atoms with E-state index in [4.69, 9.17) is 9.47 Å². The smallest absolute Gasteiger partial charge is 0.329 e. The van der Waals surface area contributed by atoms with Gasteiger partial charge in [0.05, 0.1) is 10.7 Å². The molecule has 0 bridgehead atoms. The predicted molar refractivity (Wildman–Crippen MR) is 144 cm³/mol. The van der Waals surface area contributed by atoms with E-state index in [1.54, 1.807) is 42.5 Å². The van der Waals surface area contributed by atoms with Gasteiger partial charge in [-0.05, 0) is 88.7 Å². The normalized spacial score (nSPS) is 14.1. The Kier molecular flexibility index (Phi) is 8.07. The van der Waals surface area contributed by atoms with Crippen LogP contribution in [0.1, 0.15) is 16.7 Å². The second-order valence-electron chi connectivity index (χ2n) is 8.25. The number of nitrogens with zero attached hydrogens (tertiary/aromatic N) is 1. The minimum absolute atomic E-state index is 0.0335. The highest BCUT2D eigenvalue weighted by atomic mass is 127. The Morgan fingerprint density at radius 2 is 1.89 bits per heavy atom. The number of imide groups is 1. The molecule has 3 aromatic rings. The van der Waals surface area contributed by atoms with Crippen molar-refractivity contribution in [1.82, 2.24) is 10.2 Å². The molecule has 1 heterocycles. The summed E-state index contributed by atoms with van der Waals surface area (Å²) < 4.78 is 25.2. The Morgan fingerprint density at radius 3 is 2.59 bits per heavy atom. The van der Waals surface area contributed by atoms with Crippen LogP contribution in [0.2, 0.25) is 0 Å². The average molecular weight is 615 g/mol. The molecule has 0 aliphatic carbocycles. The van der Waals surface area contributed by atoms with E-state index in [-0.39, 0.29) is 18.1 Å². The van der Waals surface area contributed by atoms with Crippen LogP contribution in [0.3, 0.4) is 0 Å². The molecule has 0 spiro atoms. The third kappa shape index (κ3) is 6.45. The van der Waals surface area contributed by atoms with Gasteiger partial charge in [-0.3, -0.25) is 9.59 Å². The third-order valence-corrected chi connectivity index (χ3v) is 6.23. The van der Waals surface area contributed by atoms with Crippen LogP contribution in [-0.4, -0.2) is 36.4 Å². The molecule has 4 rings (SSSR count). The molecule has 3 aromatic carbocycles. The van der Waals surface area contributed by atoms with Gasteiger partial charge in [0.1, 0.15) is 24.7 Å². The Balaban J connectivity index is 1.46. The fraction of sp³-hybridized carbons (Fsp3) is 0.148. The highest BCUT2D eigenvalue weighted by Gasteiger charge is 2.35. The van der Waals surface area contributed by atoms with Gasteiger partial charge in [0.15, 0.2) is 11.5 Å². The van der Waals surface area contributed by atoms with Crippen molar-refractivity contribution < 1.29 is 28.2 Å². The van der Waals surface area contributed by atoms with Crippen LogP contribution in [0.15, 0.2) is 66.4 Å². The van der Waals surface area contributed by atoms with Gasteiger partial charge in [-0.15, -0.1) is 0 Å². The van der Waals surface area contributed by atoms with Crippen LogP contribution in [0, 0.1) is 16.3 Å². The number of hydrogen-bond acceptors (Lipinski definition) is 5. The maximum Gasteiger partial charge on any atom is 0.329 e. The minimum atomic E-state index is -0.684. The van der Waals surface area contributed by atoms with E-state index in [9.17, 15) is 18.8 Å². The first kappa shape index (κ1) is 26.1. The van der Waals surface area contributed by atoms with E-state index < -0.39 is 24.4 Å². The first-order chi connectivity index (χ1) is 17.7. The van der Waals surface area contributed by atoms with Crippen molar-refractivity contribution in [1.29, 1.82) is 0 Å². The number of methoxy groups -OCH3 is 1. The Hall–Kier alpha value is -3.93. The summed E-state index contributed by atoms with van der Waals surface area (Å²) in [6.45, 7) is 1.68. The predicted octanol–water partition coefficient (Wildman–Crippen LogP) is 4.86. The monoisotopic (exact) mass is 615 g/mol. The maximum atomic E-state index is 13.1. The SMILES string of the molecule is COc1cc(/C=C2/NC(=O)N(CC(=O)Nc3cccc(C)c3)C2=O)cc(I)c1OCc1ccc(F)cc1. The first-order valence-electron chi connectivity index (χ1n) is 11.2. The lowest BCUT2D eigenvalue weighted by molar-refractivity contribution is -0.127. The highest BCUT2D eigenvalue weighted by Crippen LogP contribution is 2.35. The summed E-state index contributed by atoms with van der Waals surface area (Å²) in [6.07, 6.45) is 1.51. The van der Waals surface area contributed by atoms with E-state index in [2.05, 4.69) is 33.2 Å². The molecule has 1 saturated heterocycles. The molecule has 0 atom stereocenters. The molecule has 0 unspecified atom stereocenters. The lowest BCUT2D eigenvalue weighted by Gasteiger charge is -2.14. The third-order valence-electron chi connectivity index (χ3n) is 5.43. The van der Waals surface area contributed by atoms with Gasteiger partial charge in [-0.25, -0.2) is 14.1 Å². The zero-order valence-electron chi connectivity index (χ0n) is 20.0. The van der Waals surface area contributed by atoms with Crippen LogP contribution in [0.4, 0.5) is 14.9 Å². The Bertz CT molecular complexity index is 1390. The van der Waals surface area contributed by atoms with Gasteiger partial charge in [0, 0.05) is 5.69 Å². The molecule has 10 heteroatoms. The number of urea groups is 1. The quantitative estimate of drug-likeness (QED) is 0.215. The summed E-state index contributed by atoms with van der Waals surface area (Å²) in [4.78, 5) is 38.6. The van der Waals surface area contributed by atoms with Gasteiger partial charge < -0.3 is 20.1 Å².